The summed E-state index contributed by atoms with van der Waals surface area (Å²) in [5.74, 6) is -0.561. The van der Waals surface area contributed by atoms with Crippen LogP contribution in [0.1, 0.15) is 23.6 Å². The summed E-state index contributed by atoms with van der Waals surface area (Å²) in [7, 11) is -3.66. The summed E-state index contributed by atoms with van der Waals surface area (Å²) in [6.45, 7) is 3.83. The fraction of sp³-hybridized carbons (Fsp3) is 0.500. The Morgan fingerprint density at radius 3 is 2.58 bits per heavy atom. The Bertz CT molecular complexity index is 863. The van der Waals surface area contributed by atoms with Gasteiger partial charge in [-0.1, -0.05) is 5.16 Å². The van der Waals surface area contributed by atoms with Crippen LogP contribution < -0.4 is 0 Å². The molecule has 3 rings (SSSR count). The molecular formula is C14H17N3O5S2. The number of aliphatic carboxylic acids is 1. The van der Waals surface area contributed by atoms with Crippen LogP contribution in [0, 0.1) is 19.8 Å². The van der Waals surface area contributed by atoms with Gasteiger partial charge in [0.2, 0.25) is 21.7 Å². The first-order valence-corrected chi connectivity index (χ1v) is 9.69. The highest BCUT2D eigenvalue weighted by atomic mass is 32.2. The van der Waals surface area contributed by atoms with Crippen molar-refractivity contribution in [3.05, 3.63) is 16.8 Å². The number of hydrogen-bond donors (Lipinski definition) is 1. The van der Waals surface area contributed by atoms with E-state index in [2.05, 4.69) is 10.1 Å². The third-order valence-corrected chi connectivity index (χ3v) is 7.24. The van der Waals surface area contributed by atoms with Crippen molar-refractivity contribution in [2.24, 2.45) is 5.92 Å². The summed E-state index contributed by atoms with van der Waals surface area (Å²) in [5, 5.41) is 12.8. The van der Waals surface area contributed by atoms with Crippen molar-refractivity contribution in [2.45, 2.75) is 31.6 Å². The Morgan fingerprint density at radius 2 is 2.04 bits per heavy atom. The van der Waals surface area contributed by atoms with Gasteiger partial charge in [-0.15, -0.1) is 11.3 Å². The summed E-state index contributed by atoms with van der Waals surface area (Å²) in [5.41, 5.74) is 0. The zero-order valence-corrected chi connectivity index (χ0v) is 14.9. The lowest BCUT2D eigenvalue weighted by Gasteiger charge is -2.29. The van der Waals surface area contributed by atoms with Crippen LogP contribution in [0.25, 0.3) is 10.7 Å². The van der Waals surface area contributed by atoms with E-state index in [4.69, 9.17) is 9.63 Å². The predicted molar refractivity (Wildman–Crippen MR) is 86.2 cm³/mol. The molecule has 8 nitrogen and oxygen atoms in total. The first-order valence-electron chi connectivity index (χ1n) is 7.43. The van der Waals surface area contributed by atoms with Crippen molar-refractivity contribution in [1.29, 1.82) is 0 Å². The highest BCUT2D eigenvalue weighted by Crippen LogP contribution is 2.34. The molecule has 0 bridgehead atoms. The molecule has 130 valence electrons. The maximum absolute atomic E-state index is 12.9. The second kappa shape index (κ2) is 6.26. The molecule has 3 heterocycles. The van der Waals surface area contributed by atoms with Gasteiger partial charge >= 0.3 is 5.97 Å². The smallest absolute Gasteiger partial charge is 0.306 e. The van der Waals surface area contributed by atoms with Gasteiger partial charge in [0.15, 0.2) is 0 Å². The summed E-state index contributed by atoms with van der Waals surface area (Å²) in [6, 6.07) is 1.56. The van der Waals surface area contributed by atoms with E-state index in [0.29, 0.717) is 34.3 Å². The maximum atomic E-state index is 12.9. The molecule has 1 N–H and O–H groups in total. The topological polar surface area (TPSA) is 114 Å². The molecule has 1 aliphatic rings. The van der Waals surface area contributed by atoms with Crippen molar-refractivity contribution < 1.29 is 22.8 Å². The minimum Gasteiger partial charge on any atom is -0.481 e. The van der Waals surface area contributed by atoms with Crippen LogP contribution in [-0.4, -0.2) is 47.0 Å². The molecule has 0 aliphatic carbocycles. The fourth-order valence-corrected chi connectivity index (χ4v) is 5.67. The lowest BCUT2D eigenvalue weighted by Crippen LogP contribution is -2.40. The lowest BCUT2D eigenvalue weighted by molar-refractivity contribution is -0.142. The van der Waals surface area contributed by atoms with Crippen LogP contribution in [0.2, 0.25) is 0 Å². The molecule has 10 heteroatoms. The number of hydrogen-bond acceptors (Lipinski definition) is 7. The van der Waals surface area contributed by atoms with E-state index in [9.17, 15) is 13.2 Å². The van der Waals surface area contributed by atoms with E-state index >= 15 is 0 Å². The zero-order chi connectivity index (χ0) is 17.5. The van der Waals surface area contributed by atoms with E-state index in [1.807, 2.05) is 0 Å². The Morgan fingerprint density at radius 1 is 1.38 bits per heavy atom. The summed E-state index contributed by atoms with van der Waals surface area (Å²) in [4.78, 5) is 16.6. The van der Waals surface area contributed by atoms with Crippen LogP contribution in [-0.2, 0) is 14.8 Å². The monoisotopic (exact) mass is 371 g/mol. The van der Waals surface area contributed by atoms with Gasteiger partial charge in [-0.25, -0.2) is 8.42 Å². The molecule has 0 radical (unpaired) electrons. The standard InChI is InChI=1S/C14H17N3O5S2/c1-8-12(7-11(23-8)13-15-9(2)22-16-13)24(20,21)17-5-3-10(4-6-17)14(18)19/h7,10H,3-6H2,1-2H3,(H,18,19). The average Bonchev–Trinajstić information content (AvgIpc) is 3.13. The predicted octanol–water partition coefficient (Wildman–Crippen LogP) is 1.90. The van der Waals surface area contributed by atoms with Gasteiger partial charge in [-0.3, -0.25) is 4.79 Å². The summed E-state index contributed by atoms with van der Waals surface area (Å²) >= 11 is 1.29. The van der Waals surface area contributed by atoms with E-state index in [1.54, 1.807) is 19.9 Å². The van der Waals surface area contributed by atoms with E-state index in [-0.39, 0.29) is 18.0 Å². The van der Waals surface area contributed by atoms with Gasteiger partial charge < -0.3 is 9.63 Å². The van der Waals surface area contributed by atoms with Crippen molar-refractivity contribution in [3.8, 4) is 10.7 Å². The molecule has 0 spiro atoms. The van der Waals surface area contributed by atoms with Crippen molar-refractivity contribution >= 4 is 27.3 Å². The number of carboxylic acids is 1. The number of thiophene rings is 1. The van der Waals surface area contributed by atoms with Crippen molar-refractivity contribution in [2.75, 3.05) is 13.1 Å². The fourth-order valence-electron chi connectivity index (χ4n) is 2.71. The third kappa shape index (κ3) is 3.08. The normalized spacial score (nSPS) is 17.2. The quantitative estimate of drug-likeness (QED) is 0.873. The minimum absolute atomic E-state index is 0.214. The van der Waals surface area contributed by atoms with Crippen molar-refractivity contribution in [1.82, 2.24) is 14.4 Å². The molecule has 1 saturated heterocycles. The molecule has 2 aromatic rings. The van der Waals surface area contributed by atoms with Gasteiger partial charge in [0.1, 0.15) is 0 Å². The number of aromatic nitrogens is 2. The Balaban J connectivity index is 1.85. The van der Waals surface area contributed by atoms with Crippen LogP contribution in [0.3, 0.4) is 0 Å². The molecule has 0 aromatic carbocycles. The molecule has 1 fully saturated rings. The summed E-state index contributed by atoms with van der Waals surface area (Å²) in [6.07, 6.45) is 0.656. The average molecular weight is 371 g/mol. The number of piperidine rings is 1. The Hall–Kier alpha value is -1.78. The van der Waals surface area contributed by atoms with E-state index < -0.39 is 21.9 Å². The number of rotatable bonds is 4. The highest BCUT2D eigenvalue weighted by molar-refractivity contribution is 7.89. The van der Waals surface area contributed by atoms with Gasteiger partial charge in [-0.2, -0.15) is 9.29 Å². The minimum atomic E-state index is -3.66. The lowest BCUT2D eigenvalue weighted by atomic mass is 9.99. The van der Waals surface area contributed by atoms with Gasteiger partial charge in [0.05, 0.1) is 15.7 Å². The summed E-state index contributed by atoms with van der Waals surface area (Å²) < 4.78 is 32.0. The van der Waals surface area contributed by atoms with Crippen LogP contribution in [0.15, 0.2) is 15.5 Å². The Labute approximate surface area is 143 Å². The first-order chi connectivity index (χ1) is 11.3. The van der Waals surface area contributed by atoms with E-state index in [0.717, 1.165) is 0 Å². The molecule has 1 aliphatic heterocycles. The molecular weight excluding hydrogens is 354 g/mol. The zero-order valence-electron chi connectivity index (χ0n) is 13.2. The number of aryl methyl sites for hydroxylation is 2. The van der Waals surface area contributed by atoms with Gasteiger partial charge in [0.25, 0.3) is 0 Å². The molecule has 24 heavy (non-hydrogen) atoms. The first kappa shape index (κ1) is 17.1. The number of nitrogens with zero attached hydrogens (tertiary/aromatic N) is 3. The van der Waals surface area contributed by atoms with Crippen LogP contribution >= 0.6 is 11.3 Å². The van der Waals surface area contributed by atoms with Crippen molar-refractivity contribution in [3.63, 3.8) is 0 Å². The Kier molecular flexibility index (Phi) is 4.45. The third-order valence-electron chi connectivity index (χ3n) is 4.04. The largest absolute Gasteiger partial charge is 0.481 e. The highest BCUT2D eigenvalue weighted by Gasteiger charge is 2.33. The number of carbonyl (C=O) groups is 1. The van der Waals surface area contributed by atoms with E-state index in [1.165, 1.54) is 15.6 Å². The molecule has 0 saturated carbocycles. The molecule has 0 unspecified atom stereocenters. The maximum Gasteiger partial charge on any atom is 0.306 e. The molecule has 0 amide bonds. The SMILES string of the molecule is Cc1nc(-c2cc(S(=O)(=O)N3CCC(C(=O)O)CC3)c(C)s2)no1. The van der Waals surface area contributed by atoms with Crippen LogP contribution in [0.5, 0.6) is 0 Å². The second-order valence-electron chi connectivity index (χ2n) is 5.68. The molecule has 2 aromatic heterocycles. The van der Waals surface area contributed by atoms with Gasteiger partial charge in [0, 0.05) is 24.9 Å². The van der Waals surface area contributed by atoms with Crippen LogP contribution in [0.4, 0.5) is 0 Å². The van der Waals surface area contributed by atoms with Gasteiger partial charge in [-0.05, 0) is 25.8 Å². The number of carboxylic acid groups (broad SMARTS) is 1. The second-order valence-corrected chi connectivity index (χ2v) is 8.85. The number of sulfonamides is 1. The molecule has 0 atom stereocenters.